The third-order valence-corrected chi connectivity index (χ3v) is 4.51. The quantitative estimate of drug-likeness (QED) is 0.419. The average molecular weight is 374 g/mol. The second kappa shape index (κ2) is 7.03. The number of nitrogens with one attached hydrogen (secondary N) is 1. The van der Waals surface area contributed by atoms with Crippen LogP contribution >= 0.6 is 0 Å². The highest BCUT2D eigenvalue weighted by Gasteiger charge is 2.18. The summed E-state index contributed by atoms with van der Waals surface area (Å²) in [5, 5.41) is 18.1. The lowest BCUT2D eigenvalue weighted by molar-refractivity contribution is 0.249. The van der Waals surface area contributed by atoms with Crippen molar-refractivity contribution < 1.29 is 4.79 Å². The van der Waals surface area contributed by atoms with Crippen LogP contribution in [-0.4, -0.2) is 36.5 Å². The van der Waals surface area contributed by atoms with Crippen molar-refractivity contribution in [2.45, 2.75) is 19.8 Å². The maximum absolute atomic E-state index is 10.9. The van der Waals surface area contributed by atoms with Crippen molar-refractivity contribution >= 4 is 28.3 Å². The van der Waals surface area contributed by atoms with Crippen LogP contribution in [0.4, 0.5) is 4.79 Å². The number of hydrogen-bond acceptors (Lipinski definition) is 6. The van der Waals surface area contributed by atoms with Gasteiger partial charge in [-0.3, -0.25) is 4.98 Å². The number of hydrogen-bond donors (Lipinski definition) is 2. The van der Waals surface area contributed by atoms with Crippen molar-refractivity contribution in [1.82, 2.24) is 30.2 Å². The molecule has 0 aliphatic carbocycles. The molecule has 0 aliphatic heterocycles. The van der Waals surface area contributed by atoms with Gasteiger partial charge in [0.15, 0.2) is 11.5 Å². The molecule has 0 saturated carbocycles. The number of primary amides is 1. The van der Waals surface area contributed by atoms with Crippen molar-refractivity contribution in [3.05, 3.63) is 65.7 Å². The molecule has 9 heteroatoms. The van der Waals surface area contributed by atoms with Gasteiger partial charge in [0.05, 0.1) is 11.2 Å². The summed E-state index contributed by atoms with van der Waals surface area (Å²) in [7, 11) is 0. The molecular formula is C19H18N8O. The van der Waals surface area contributed by atoms with Crippen molar-refractivity contribution in [2.75, 3.05) is 0 Å². The number of aromatic nitrogens is 5. The van der Waals surface area contributed by atoms with Gasteiger partial charge in [-0.05, 0) is 42.8 Å². The molecule has 4 rings (SSSR count). The average Bonchev–Trinajstić information content (AvgIpc) is 3.14. The summed E-state index contributed by atoms with van der Waals surface area (Å²) in [4.78, 5) is 15.2. The van der Waals surface area contributed by atoms with E-state index in [1.165, 1.54) is 0 Å². The second-order valence-corrected chi connectivity index (χ2v) is 6.40. The predicted octanol–water partition coefficient (Wildman–Crippen LogP) is 2.22. The molecule has 2 amide bonds. The van der Waals surface area contributed by atoms with Crippen molar-refractivity contribution in [3.8, 4) is 0 Å². The van der Waals surface area contributed by atoms with E-state index in [1.807, 2.05) is 24.3 Å². The minimum atomic E-state index is -0.732. The first kappa shape index (κ1) is 17.5. The molecule has 0 fully saturated rings. The Balaban J connectivity index is 1.73. The molecular weight excluding hydrogens is 356 g/mol. The van der Waals surface area contributed by atoms with Gasteiger partial charge >= 0.3 is 6.03 Å². The van der Waals surface area contributed by atoms with Crippen LogP contribution in [0.15, 0.2) is 53.8 Å². The fourth-order valence-electron chi connectivity index (χ4n) is 2.98. The summed E-state index contributed by atoms with van der Waals surface area (Å²) in [5.41, 5.74) is 11.0. The number of rotatable bonds is 4. The van der Waals surface area contributed by atoms with Crippen molar-refractivity contribution in [2.24, 2.45) is 10.8 Å². The number of carbonyl (C=O) groups is 1. The van der Waals surface area contributed by atoms with Crippen LogP contribution in [0, 0.1) is 0 Å². The van der Waals surface area contributed by atoms with E-state index in [0.717, 1.165) is 16.5 Å². The molecule has 1 unspecified atom stereocenters. The zero-order valence-electron chi connectivity index (χ0n) is 15.4. The Morgan fingerprint density at radius 3 is 2.89 bits per heavy atom. The first-order chi connectivity index (χ1) is 13.5. The molecule has 0 aliphatic rings. The van der Waals surface area contributed by atoms with E-state index in [1.54, 1.807) is 29.8 Å². The minimum Gasteiger partial charge on any atom is -0.350 e. The van der Waals surface area contributed by atoms with Gasteiger partial charge < -0.3 is 5.73 Å². The maximum atomic E-state index is 10.9. The second-order valence-electron chi connectivity index (χ2n) is 6.40. The highest BCUT2D eigenvalue weighted by molar-refractivity contribution is 5.97. The van der Waals surface area contributed by atoms with Gasteiger partial charge in [-0.1, -0.05) is 19.1 Å². The molecule has 0 radical (unpaired) electrons. The summed E-state index contributed by atoms with van der Waals surface area (Å²) < 4.78 is 1.69. The maximum Gasteiger partial charge on any atom is 0.332 e. The van der Waals surface area contributed by atoms with Crippen molar-refractivity contribution in [1.29, 1.82) is 0 Å². The molecule has 3 N–H and O–H groups in total. The number of hydrazone groups is 1. The van der Waals surface area contributed by atoms with Crippen LogP contribution in [0.2, 0.25) is 0 Å². The SMILES string of the molecule is C/C(=N\NC(N)=O)c1ccc2nnc(C(C)c3ccc4ncccc4c3)n2n1. The number of nitrogens with two attached hydrogens (primary N) is 1. The zero-order chi connectivity index (χ0) is 19.7. The molecule has 9 nitrogen and oxygen atoms in total. The summed E-state index contributed by atoms with van der Waals surface area (Å²) in [5.74, 6) is 0.666. The monoisotopic (exact) mass is 374 g/mol. The molecule has 0 saturated heterocycles. The lowest BCUT2D eigenvalue weighted by atomic mass is 9.98. The van der Waals surface area contributed by atoms with Crippen molar-refractivity contribution in [3.63, 3.8) is 0 Å². The molecule has 1 atom stereocenters. The van der Waals surface area contributed by atoms with E-state index in [-0.39, 0.29) is 5.92 Å². The zero-order valence-corrected chi connectivity index (χ0v) is 15.4. The van der Waals surface area contributed by atoms with E-state index in [0.29, 0.717) is 22.9 Å². The van der Waals surface area contributed by atoms with E-state index >= 15 is 0 Å². The van der Waals surface area contributed by atoms with Gasteiger partial charge in [0.2, 0.25) is 0 Å². The number of fused-ring (bicyclic) bond motifs is 2. The highest BCUT2D eigenvalue weighted by Crippen LogP contribution is 2.25. The molecule has 4 aromatic rings. The molecule has 140 valence electrons. The van der Waals surface area contributed by atoms with Gasteiger partial charge in [-0.25, -0.2) is 10.2 Å². The van der Waals surface area contributed by atoms with Gasteiger partial charge in [-0.2, -0.15) is 14.7 Å². The fraction of sp³-hybridized carbons (Fsp3) is 0.158. The molecule has 3 heterocycles. The third-order valence-electron chi connectivity index (χ3n) is 4.51. The predicted molar refractivity (Wildman–Crippen MR) is 105 cm³/mol. The largest absolute Gasteiger partial charge is 0.350 e. The van der Waals surface area contributed by atoms with Crippen LogP contribution in [-0.2, 0) is 0 Å². The number of nitrogens with zero attached hydrogens (tertiary/aromatic N) is 6. The third kappa shape index (κ3) is 3.25. The van der Waals surface area contributed by atoms with E-state index in [4.69, 9.17) is 5.73 Å². The summed E-state index contributed by atoms with van der Waals surface area (Å²) in [6.45, 7) is 3.78. The van der Waals surface area contributed by atoms with Gasteiger partial charge in [0.25, 0.3) is 0 Å². The minimum absolute atomic E-state index is 0.0386. The van der Waals surface area contributed by atoms with Gasteiger partial charge in [0, 0.05) is 17.5 Å². The van der Waals surface area contributed by atoms with Crippen LogP contribution in [0.25, 0.3) is 16.6 Å². The topological polar surface area (TPSA) is 123 Å². The number of carbonyl (C=O) groups excluding carboxylic acids is 1. The van der Waals surface area contributed by atoms with Crippen LogP contribution in [0.5, 0.6) is 0 Å². The molecule has 3 aromatic heterocycles. The Kier molecular flexibility index (Phi) is 4.40. The standard InChI is InChI=1S/C19H18N8O/c1-11(13-5-6-16-14(10-13)4-3-9-21-16)18-24-23-17-8-7-15(26-27(17)18)12(2)22-25-19(20)28/h3-11H,1-2H3,(H3,20,25,28)/b22-12+. The summed E-state index contributed by atoms with van der Waals surface area (Å²) in [6.07, 6.45) is 1.78. The summed E-state index contributed by atoms with van der Waals surface area (Å²) in [6, 6.07) is 12.9. The smallest absolute Gasteiger partial charge is 0.332 e. The Morgan fingerprint density at radius 1 is 1.21 bits per heavy atom. The van der Waals surface area contributed by atoms with E-state index in [2.05, 4.69) is 43.8 Å². The highest BCUT2D eigenvalue weighted by atomic mass is 16.2. The number of urea groups is 1. The van der Waals surface area contributed by atoms with Gasteiger partial charge in [-0.15, -0.1) is 10.2 Å². The number of benzene rings is 1. The first-order valence-electron chi connectivity index (χ1n) is 8.70. The van der Waals surface area contributed by atoms with E-state index in [9.17, 15) is 4.79 Å². The number of pyridine rings is 1. The Bertz CT molecular complexity index is 1210. The fourth-order valence-corrected chi connectivity index (χ4v) is 2.98. The Morgan fingerprint density at radius 2 is 2.07 bits per heavy atom. The van der Waals surface area contributed by atoms with Crippen LogP contribution in [0.1, 0.15) is 36.8 Å². The Labute approximate surface area is 160 Å². The number of amides is 2. The first-order valence-corrected chi connectivity index (χ1v) is 8.70. The Hall–Kier alpha value is -3.88. The molecule has 1 aromatic carbocycles. The molecule has 0 bridgehead atoms. The molecule has 28 heavy (non-hydrogen) atoms. The van der Waals surface area contributed by atoms with Crippen LogP contribution < -0.4 is 11.2 Å². The van der Waals surface area contributed by atoms with Crippen LogP contribution in [0.3, 0.4) is 0 Å². The summed E-state index contributed by atoms with van der Waals surface area (Å²) >= 11 is 0. The lowest BCUT2D eigenvalue weighted by Crippen LogP contribution is -2.25. The lowest BCUT2D eigenvalue weighted by Gasteiger charge is -2.11. The van der Waals surface area contributed by atoms with E-state index < -0.39 is 6.03 Å². The molecule has 0 spiro atoms. The normalized spacial score (nSPS) is 13.0. The van der Waals surface area contributed by atoms with Gasteiger partial charge in [0.1, 0.15) is 5.69 Å².